The second-order valence-corrected chi connectivity index (χ2v) is 4.94. The molecule has 2 rings (SSSR count). The van der Waals surface area contributed by atoms with Gasteiger partial charge in [-0.25, -0.2) is 4.79 Å². The molecule has 114 valence electrons. The molecular formula is C14H18N2O5. The third-order valence-corrected chi connectivity index (χ3v) is 3.41. The van der Waals surface area contributed by atoms with Crippen molar-refractivity contribution in [3.8, 4) is 5.75 Å². The molecule has 1 aromatic rings. The van der Waals surface area contributed by atoms with Crippen molar-refractivity contribution in [3.63, 3.8) is 0 Å². The predicted octanol–water partition coefficient (Wildman–Crippen LogP) is -0.426. The number of aliphatic carboxylic acids is 1. The summed E-state index contributed by atoms with van der Waals surface area (Å²) in [5.41, 5.74) is 6.69. The van der Waals surface area contributed by atoms with Crippen LogP contribution in [0.1, 0.15) is 5.56 Å². The quantitative estimate of drug-likeness (QED) is 0.695. The molecule has 1 amide bonds. The first kappa shape index (κ1) is 15.3. The Kier molecular flexibility index (Phi) is 4.77. The number of benzene rings is 1. The van der Waals surface area contributed by atoms with Crippen molar-refractivity contribution < 1.29 is 24.5 Å². The van der Waals surface area contributed by atoms with Crippen LogP contribution in [0.3, 0.4) is 0 Å². The summed E-state index contributed by atoms with van der Waals surface area (Å²) in [5, 5.41) is 18.3. The second-order valence-electron chi connectivity index (χ2n) is 4.94. The van der Waals surface area contributed by atoms with E-state index in [9.17, 15) is 14.7 Å². The molecule has 0 radical (unpaired) electrons. The fraction of sp³-hybridized carbons (Fsp3) is 0.429. The third kappa shape index (κ3) is 3.71. The molecule has 1 saturated heterocycles. The van der Waals surface area contributed by atoms with Crippen molar-refractivity contribution in [2.75, 3.05) is 19.8 Å². The number of carboxylic acid groups (broad SMARTS) is 1. The zero-order valence-electron chi connectivity index (χ0n) is 11.4. The summed E-state index contributed by atoms with van der Waals surface area (Å²) in [6.07, 6.45) is 0.281. The van der Waals surface area contributed by atoms with Crippen LogP contribution in [-0.4, -0.2) is 58.8 Å². The topological polar surface area (TPSA) is 113 Å². The number of ether oxygens (including phenoxy) is 1. The number of carboxylic acids is 1. The SMILES string of the molecule is N[C@@H](Cc1ccc(O)cc1)C(=O)N1CCOCC1C(=O)O. The van der Waals surface area contributed by atoms with Crippen LogP contribution in [0.15, 0.2) is 24.3 Å². The lowest BCUT2D eigenvalue weighted by molar-refractivity contribution is -0.158. The number of phenols is 1. The van der Waals surface area contributed by atoms with E-state index in [2.05, 4.69) is 0 Å². The molecule has 0 spiro atoms. The smallest absolute Gasteiger partial charge is 0.328 e. The summed E-state index contributed by atoms with van der Waals surface area (Å²) in [6.45, 7) is 0.507. The highest BCUT2D eigenvalue weighted by atomic mass is 16.5. The molecule has 0 aliphatic carbocycles. The third-order valence-electron chi connectivity index (χ3n) is 3.41. The minimum atomic E-state index is -1.10. The van der Waals surface area contributed by atoms with Crippen LogP contribution in [-0.2, 0) is 20.7 Å². The summed E-state index contributed by atoms with van der Waals surface area (Å²) in [4.78, 5) is 24.7. The summed E-state index contributed by atoms with van der Waals surface area (Å²) in [7, 11) is 0. The molecule has 1 unspecified atom stereocenters. The van der Waals surface area contributed by atoms with Crippen molar-refractivity contribution in [2.45, 2.75) is 18.5 Å². The van der Waals surface area contributed by atoms with Gasteiger partial charge in [-0.2, -0.15) is 0 Å². The van der Waals surface area contributed by atoms with E-state index in [0.717, 1.165) is 5.56 Å². The number of carbonyl (C=O) groups is 2. The van der Waals surface area contributed by atoms with Crippen molar-refractivity contribution >= 4 is 11.9 Å². The molecule has 7 nitrogen and oxygen atoms in total. The van der Waals surface area contributed by atoms with Crippen LogP contribution in [0.4, 0.5) is 0 Å². The maximum absolute atomic E-state index is 12.3. The number of hydrogen-bond acceptors (Lipinski definition) is 5. The van der Waals surface area contributed by atoms with E-state index in [1.165, 1.54) is 17.0 Å². The Labute approximate surface area is 121 Å². The molecule has 1 fully saturated rings. The van der Waals surface area contributed by atoms with E-state index >= 15 is 0 Å². The van der Waals surface area contributed by atoms with E-state index in [1.807, 2.05) is 0 Å². The van der Waals surface area contributed by atoms with Gasteiger partial charge in [0.15, 0.2) is 6.04 Å². The molecule has 0 aromatic heterocycles. The maximum atomic E-state index is 12.3. The number of nitrogens with two attached hydrogens (primary N) is 1. The molecule has 1 heterocycles. The fourth-order valence-corrected chi connectivity index (χ4v) is 2.26. The number of rotatable bonds is 4. The second kappa shape index (κ2) is 6.55. The Hall–Kier alpha value is -2.12. The summed E-state index contributed by atoms with van der Waals surface area (Å²) in [5.74, 6) is -1.36. The highest BCUT2D eigenvalue weighted by molar-refractivity contribution is 5.87. The first-order valence-corrected chi connectivity index (χ1v) is 6.63. The van der Waals surface area contributed by atoms with Gasteiger partial charge in [0, 0.05) is 6.54 Å². The van der Waals surface area contributed by atoms with E-state index in [-0.39, 0.29) is 25.3 Å². The van der Waals surface area contributed by atoms with Gasteiger partial charge in [0.05, 0.1) is 19.3 Å². The fourth-order valence-electron chi connectivity index (χ4n) is 2.26. The lowest BCUT2D eigenvalue weighted by atomic mass is 10.0. The normalized spacial score (nSPS) is 20.0. The van der Waals surface area contributed by atoms with Crippen LogP contribution < -0.4 is 5.73 Å². The van der Waals surface area contributed by atoms with Gasteiger partial charge in [-0.1, -0.05) is 12.1 Å². The Balaban J connectivity index is 2.03. The number of aromatic hydroxyl groups is 1. The summed E-state index contributed by atoms with van der Waals surface area (Å²) in [6, 6.07) is 4.57. The van der Waals surface area contributed by atoms with Gasteiger partial charge in [-0.3, -0.25) is 4.79 Å². The molecule has 1 aliphatic rings. The number of morpholine rings is 1. The standard InChI is InChI=1S/C14H18N2O5/c15-11(7-9-1-3-10(17)4-2-9)13(18)16-5-6-21-8-12(16)14(19)20/h1-4,11-12,17H,5-8,15H2,(H,19,20)/t11-,12?/m0/s1. The summed E-state index contributed by atoms with van der Waals surface area (Å²) < 4.78 is 5.09. The number of hydrogen-bond donors (Lipinski definition) is 3. The van der Waals surface area contributed by atoms with Crippen LogP contribution in [0.2, 0.25) is 0 Å². The van der Waals surface area contributed by atoms with Gasteiger partial charge >= 0.3 is 5.97 Å². The molecular weight excluding hydrogens is 276 g/mol. The molecule has 7 heteroatoms. The number of nitrogens with zero attached hydrogens (tertiary/aromatic N) is 1. The Morgan fingerprint density at radius 2 is 2.05 bits per heavy atom. The van der Waals surface area contributed by atoms with Crippen LogP contribution in [0.25, 0.3) is 0 Å². The largest absolute Gasteiger partial charge is 0.508 e. The monoisotopic (exact) mass is 294 g/mol. The van der Waals surface area contributed by atoms with Crippen molar-refractivity contribution in [2.24, 2.45) is 5.73 Å². The van der Waals surface area contributed by atoms with Crippen LogP contribution >= 0.6 is 0 Å². The molecule has 1 aromatic carbocycles. The van der Waals surface area contributed by atoms with Crippen LogP contribution in [0.5, 0.6) is 5.75 Å². The Morgan fingerprint density at radius 1 is 1.38 bits per heavy atom. The number of phenolic OH excluding ortho intramolecular Hbond substituents is 1. The van der Waals surface area contributed by atoms with Crippen molar-refractivity contribution in [1.82, 2.24) is 4.90 Å². The van der Waals surface area contributed by atoms with Gasteiger partial charge in [0.1, 0.15) is 5.75 Å². The minimum Gasteiger partial charge on any atom is -0.508 e. The van der Waals surface area contributed by atoms with Gasteiger partial charge < -0.3 is 25.6 Å². The van der Waals surface area contributed by atoms with Crippen LogP contribution in [0, 0.1) is 0 Å². The van der Waals surface area contributed by atoms with Gasteiger partial charge in [-0.15, -0.1) is 0 Å². The van der Waals surface area contributed by atoms with Gasteiger partial charge in [0.25, 0.3) is 0 Å². The average Bonchev–Trinajstić information content (AvgIpc) is 2.48. The first-order valence-electron chi connectivity index (χ1n) is 6.63. The van der Waals surface area contributed by atoms with E-state index in [1.54, 1.807) is 12.1 Å². The lowest BCUT2D eigenvalue weighted by Crippen LogP contribution is -2.57. The highest BCUT2D eigenvalue weighted by Gasteiger charge is 2.34. The maximum Gasteiger partial charge on any atom is 0.328 e. The predicted molar refractivity (Wildman–Crippen MR) is 73.7 cm³/mol. The number of amides is 1. The van der Waals surface area contributed by atoms with E-state index < -0.39 is 24.0 Å². The molecule has 4 N–H and O–H groups in total. The Morgan fingerprint density at radius 3 is 2.67 bits per heavy atom. The highest BCUT2D eigenvalue weighted by Crippen LogP contribution is 2.14. The zero-order chi connectivity index (χ0) is 15.4. The van der Waals surface area contributed by atoms with Crippen molar-refractivity contribution in [3.05, 3.63) is 29.8 Å². The number of carbonyl (C=O) groups excluding carboxylic acids is 1. The first-order chi connectivity index (χ1) is 9.99. The molecule has 0 saturated carbocycles. The molecule has 0 bridgehead atoms. The molecule has 21 heavy (non-hydrogen) atoms. The molecule has 1 aliphatic heterocycles. The lowest BCUT2D eigenvalue weighted by Gasteiger charge is -2.34. The Bertz CT molecular complexity index is 517. The van der Waals surface area contributed by atoms with E-state index in [0.29, 0.717) is 6.61 Å². The minimum absolute atomic E-state index is 0.0208. The summed E-state index contributed by atoms with van der Waals surface area (Å²) >= 11 is 0. The van der Waals surface area contributed by atoms with Crippen molar-refractivity contribution in [1.29, 1.82) is 0 Å². The van der Waals surface area contributed by atoms with E-state index in [4.69, 9.17) is 15.6 Å². The van der Waals surface area contributed by atoms with Gasteiger partial charge in [-0.05, 0) is 24.1 Å². The van der Waals surface area contributed by atoms with Gasteiger partial charge in [0.2, 0.25) is 5.91 Å². The average molecular weight is 294 g/mol. The molecule has 2 atom stereocenters. The zero-order valence-corrected chi connectivity index (χ0v) is 11.4.